The molecule has 0 aromatic rings. The minimum absolute atomic E-state index is 0.223. The molecule has 1 saturated carbocycles. The molecule has 0 aliphatic heterocycles. The van der Waals surface area contributed by atoms with Crippen LogP contribution >= 0.6 is 0 Å². The summed E-state index contributed by atoms with van der Waals surface area (Å²) >= 11 is 0. The first-order valence-electron chi connectivity index (χ1n) is 7.12. The molecule has 0 heterocycles. The molecule has 21 heavy (non-hydrogen) atoms. The number of fused-ring (bicyclic) bond motifs is 1. The Kier molecular flexibility index (Phi) is 2.71. The zero-order chi connectivity index (χ0) is 15.6. The minimum Gasteiger partial charge on any atom is -0.395 e. The fourth-order valence-electron chi connectivity index (χ4n) is 4.02. The second-order valence-corrected chi connectivity index (χ2v) is 6.85. The molecule has 2 N–H and O–H groups in total. The van der Waals surface area contributed by atoms with Gasteiger partial charge < -0.3 is 10.2 Å². The van der Waals surface area contributed by atoms with E-state index in [9.17, 15) is 15.0 Å². The topological polar surface area (TPSA) is 106 Å². The summed E-state index contributed by atoms with van der Waals surface area (Å²) in [7, 11) is 0. The molecular formula is C15H19N3O3. The Labute approximate surface area is 122 Å². The molecule has 1 unspecified atom stereocenters. The lowest BCUT2D eigenvalue weighted by Crippen LogP contribution is -2.49. The van der Waals surface area contributed by atoms with Crippen molar-refractivity contribution in [2.24, 2.45) is 15.9 Å². The van der Waals surface area contributed by atoms with Crippen molar-refractivity contribution in [3.8, 4) is 0 Å². The van der Waals surface area contributed by atoms with E-state index in [1.165, 1.54) is 0 Å². The molecule has 3 rings (SSSR count). The van der Waals surface area contributed by atoms with Crippen LogP contribution < -0.4 is 0 Å². The maximum atomic E-state index is 12.7. The van der Waals surface area contributed by atoms with Gasteiger partial charge >= 0.3 is 0 Å². The highest BCUT2D eigenvalue weighted by Crippen LogP contribution is 2.65. The molecule has 6 heteroatoms. The zero-order valence-corrected chi connectivity index (χ0v) is 12.4. The van der Waals surface area contributed by atoms with Crippen molar-refractivity contribution >= 4 is 5.78 Å². The molecule has 3 atom stereocenters. The van der Waals surface area contributed by atoms with Crippen molar-refractivity contribution in [2.75, 3.05) is 6.61 Å². The van der Waals surface area contributed by atoms with Crippen LogP contribution in [0.1, 0.15) is 33.6 Å². The third-order valence-corrected chi connectivity index (χ3v) is 5.66. The molecule has 3 aliphatic rings. The predicted octanol–water partition coefficient (Wildman–Crippen LogP) is 2.03. The van der Waals surface area contributed by atoms with Gasteiger partial charge in [-0.2, -0.15) is 0 Å². The van der Waals surface area contributed by atoms with E-state index in [1.807, 2.05) is 6.92 Å². The molecular weight excluding hydrogens is 270 g/mol. The number of carbonyl (C=O) groups is 1. The lowest BCUT2D eigenvalue weighted by molar-refractivity contribution is -0.137. The van der Waals surface area contributed by atoms with Crippen molar-refractivity contribution in [3.05, 3.63) is 33.2 Å². The van der Waals surface area contributed by atoms with Crippen LogP contribution in [-0.2, 0) is 4.79 Å². The number of hydrogen-bond donors (Lipinski definition) is 2. The monoisotopic (exact) mass is 289 g/mol. The summed E-state index contributed by atoms with van der Waals surface area (Å²) in [6, 6.07) is -0.597. The average molecular weight is 289 g/mol. The van der Waals surface area contributed by atoms with Crippen LogP contribution in [0.3, 0.4) is 0 Å². The van der Waals surface area contributed by atoms with Gasteiger partial charge in [-0.1, -0.05) is 23.7 Å². The van der Waals surface area contributed by atoms with Gasteiger partial charge in [-0.05, 0) is 37.8 Å². The standard InChI is InChI=1S/C15H19N3O3/c1-8-10-9(6-13(2,7-19)11(10)17-18-16)12(20)14(3,21)15(8)4-5-15/h6,11,19,21H,4-5,7H2,1-3H3/t11?,13-,14-/m0/s1. The molecule has 0 aromatic heterocycles. The maximum Gasteiger partial charge on any atom is 0.194 e. The first-order chi connectivity index (χ1) is 9.75. The molecule has 3 aliphatic carbocycles. The Bertz CT molecular complexity index is 651. The third kappa shape index (κ3) is 1.50. The molecule has 0 aromatic carbocycles. The smallest absolute Gasteiger partial charge is 0.194 e. The summed E-state index contributed by atoms with van der Waals surface area (Å²) in [6.45, 7) is 5.01. The summed E-state index contributed by atoms with van der Waals surface area (Å²) in [4.78, 5) is 15.6. The second kappa shape index (κ2) is 3.97. The van der Waals surface area contributed by atoms with Crippen molar-refractivity contribution < 1.29 is 15.0 Å². The summed E-state index contributed by atoms with van der Waals surface area (Å²) in [5, 5.41) is 24.2. The van der Waals surface area contributed by atoms with Crippen molar-refractivity contribution in [1.29, 1.82) is 0 Å². The summed E-state index contributed by atoms with van der Waals surface area (Å²) in [5.41, 5.74) is 8.13. The highest BCUT2D eigenvalue weighted by atomic mass is 16.3. The number of rotatable bonds is 2. The van der Waals surface area contributed by atoms with Crippen molar-refractivity contribution in [1.82, 2.24) is 0 Å². The van der Waals surface area contributed by atoms with E-state index in [4.69, 9.17) is 5.53 Å². The first kappa shape index (κ1) is 14.3. The molecule has 0 radical (unpaired) electrons. The number of carbonyl (C=O) groups excluding carboxylic acids is 1. The highest BCUT2D eigenvalue weighted by molar-refractivity contribution is 6.09. The lowest BCUT2D eigenvalue weighted by Gasteiger charge is -2.40. The van der Waals surface area contributed by atoms with Crippen molar-refractivity contribution in [2.45, 2.75) is 45.3 Å². The Hall–Kier alpha value is -1.62. The van der Waals surface area contributed by atoms with Gasteiger partial charge in [0.25, 0.3) is 0 Å². The highest BCUT2D eigenvalue weighted by Gasteiger charge is 2.66. The molecule has 0 bridgehead atoms. The maximum absolute atomic E-state index is 12.7. The first-order valence-corrected chi connectivity index (χ1v) is 7.12. The largest absolute Gasteiger partial charge is 0.395 e. The van der Waals surface area contributed by atoms with Crippen molar-refractivity contribution in [3.63, 3.8) is 0 Å². The number of ketones is 1. The van der Waals surface area contributed by atoms with Crippen LogP contribution in [0, 0.1) is 10.8 Å². The van der Waals surface area contributed by atoms with Gasteiger partial charge in [0.15, 0.2) is 5.78 Å². The van der Waals surface area contributed by atoms with E-state index in [0.717, 1.165) is 18.4 Å². The molecule has 6 nitrogen and oxygen atoms in total. The Morgan fingerprint density at radius 1 is 1.48 bits per heavy atom. The van der Waals surface area contributed by atoms with E-state index < -0.39 is 22.5 Å². The summed E-state index contributed by atoms with van der Waals surface area (Å²) in [6.07, 6.45) is 3.18. The fourth-order valence-corrected chi connectivity index (χ4v) is 4.02. The van der Waals surface area contributed by atoms with Gasteiger partial charge in [0, 0.05) is 21.3 Å². The normalized spacial score (nSPS) is 40.0. The van der Waals surface area contributed by atoms with E-state index in [1.54, 1.807) is 19.9 Å². The number of aliphatic hydroxyl groups is 2. The second-order valence-electron chi connectivity index (χ2n) is 6.85. The molecule has 1 spiro atoms. The number of hydrogen-bond acceptors (Lipinski definition) is 4. The van der Waals surface area contributed by atoms with Crippen LogP contribution in [0.2, 0.25) is 0 Å². The van der Waals surface area contributed by atoms with Crippen LogP contribution in [0.4, 0.5) is 0 Å². The summed E-state index contributed by atoms with van der Waals surface area (Å²) in [5.74, 6) is -0.323. The molecule has 112 valence electrons. The quantitative estimate of drug-likeness (QED) is 0.461. The van der Waals surface area contributed by atoms with Gasteiger partial charge in [-0.25, -0.2) is 0 Å². The van der Waals surface area contributed by atoms with E-state index in [2.05, 4.69) is 10.0 Å². The predicted molar refractivity (Wildman–Crippen MR) is 76.2 cm³/mol. The number of azide groups is 1. The Balaban J connectivity index is 2.28. The van der Waals surface area contributed by atoms with E-state index in [-0.39, 0.29) is 12.4 Å². The van der Waals surface area contributed by atoms with Gasteiger partial charge in [0.1, 0.15) is 5.60 Å². The minimum atomic E-state index is -1.42. The summed E-state index contributed by atoms with van der Waals surface area (Å²) < 4.78 is 0. The molecule has 0 saturated heterocycles. The van der Waals surface area contributed by atoms with Gasteiger partial charge in [0.05, 0.1) is 12.6 Å². The number of nitrogens with zero attached hydrogens (tertiary/aromatic N) is 3. The average Bonchev–Trinajstić information content (AvgIpc) is 3.20. The van der Waals surface area contributed by atoms with Crippen LogP contribution in [0.5, 0.6) is 0 Å². The molecule has 1 fully saturated rings. The SMILES string of the molecule is CC1=C2C(=C[C@@](C)(CO)C2N=[N+]=[N-])C(=O)[C@](C)(O)C12CC2. The van der Waals surface area contributed by atoms with Crippen LogP contribution in [0.25, 0.3) is 10.4 Å². The molecule has 0 amide bonds. The third-order valence-electron chi connectivity index (χ3n) is 5.66. The van der Waals surface area contributed by atoms with Crippen LogP contribution in [-0.4, -0.2) is 34.2 Å². The van der Waals surface area contributed by atoms with E-state index >= 15 is 0 Å². The zero-order valence-electron chi connectivity index (χ0n) is 12.4. The van der Waals surface area contributed by atoms with Crippen LogP contribution in [0.15, 0.2) is 27.9 Å². The van der Waals surface area contributed by atoms with Gasteiger partial charge in [-0.3, -0.25) is 4.79 Å². The Morgan fingerprint density at radius 3 is 2.57 bits per heavy atom. The fraction of sp³-hybridized carbons (Fsp3) is 0.667. The van der Waals surface area contributed by atoms with Gasteiger partial charge in [0.2, 0.25) is 0 Å². The number of Topliss-reactive ketones (excluding diaryl/α,β-unsaturated/α-hetero) is 1. The lowest BCUT2D eigenvalue weighted by atomic mass is 9.67. The number of aliphatic hydroxyl groups excluding tert-OH is 1. The Morgan fingerprint density at radius 2 is 2.10 bits per heavy atom. The van der Waals surface area contributed by atoms with Gasteiger partial charge in [-0.15, -0.1) is 0 Å². The van der Waals surface area contributed by atoms with E-state index in [0.29, 0.717) is 11.1 Å².